The van der Waals surface area contributed by atoms with Crippen molar-refractivity contribution < 1.29 is 14.3 Å². The van der Waals surface area contributed by atoms with E-state index in [4.69, 9.17) is 9.47 Å². The summed E-state index contributed by atoms with van der Waals surface area (Å²) >= 11 is 6.96. The number of methoxy groups -OCH3 is 2. The van der Waals surface area contributed by atoms with Crippen LogP contribution in [0, 0.1) is 6.92 Å². The van der Waals surface area contributed by atoms with Crippen LogP contribution in [0.4, 0.5) is 5.69 Å². The Bertz CT molecular complexity index is 802. The van der Waals surface area contributed by atoms with Gasteiger partial charge in [-0.2, -0.15) is 5.10 Å². The second kappa shape index (κ2) is 9.59. The predicted octanol–water partition coefficient (Wildman–Crippen LogP) is 4.10. The van der Waals surface area contributed by atoms with Gasteiger partial charge in [0.2, 0.25) is 0 Å². The van der Waals surface area contributed by atoms with Gasteiger partial charge >= 0.3 is 0 Å². The number of nitrogens with zero attached hydrogens (tertiary/aromatic N) is 1. The number of hydrogen-bond donors (Lipinski definition) is 2. The third-order valence-electron chi connectivity index (χ3n) is 3.54. The van der Waals surface area contributed by atoms with Crippen molar-refractivity contribution in [1.29, 1.82) is 0 Å². The van der Waals surface area contributed by atoms with Crippen LogP contribution in [0.3, 0.4) is 0 Å². The van der Waals surface area contributed by atoms with E-state index in [2.05, 4.69) is 47.7 Å². The average Bonchev–Trinajstić information content (AvgIpc) is 2.64. The van der Waals surface area contributed by atoms with Gasteiger partial charge < -0.3 is 14.8 Å². The number of anilines is 1. The van der Waals surface area contributed by atoms with E-state index >= 15 is 0 Å². The summed E-state index contributed by atoms with van der Waals surface area (Å²) in [4.78, 5) is 11.9. The molecular weight excluding hydrogens is 466 g/mol. The Labute approximate surface area is 169 Å². The van der Waals surface area contributed by atoms with Gasteiger partial charge in [0.15, 0.2) is 11.5 Å². The minimum atomic E-state index is -0.255. The Morgan fingerprint density at radius 3 is 2.38 bits per heavy atom. The first kappa shape index (κ1) is 20.3. The van der Waals surface area contributed by atoms with Crippen LogP contribution in [0.2, 0.25) is 0 Å². The lowest BCUT2D eigenvalue weighted by atomic mass is 10.2. The maximum atomic E-state index is 11.9. The van der Waals surface area contributed by atoms with E-state index in [1.807, 2.05) is 25.1 Å². The Morgan fingerprint density at radius 1 is 1.12 bits per heavy atom. The van der Waals surface area contributed by atoms with Crippen LogP contribution >= 0.6 is 31.9 Å². The van der Waals surface area contributed by atoms with E-state index in [1.54, 1.807) is 32.6 Å². The van der Waals surface area contributed by atoms with Gasteiger partial charge in [0.25, 0.3) is 5.91 Å². The topological polar surface area (TPSA) is 72.0 Å². The van der Waals surface area contributed by atoms with E-state index < -0.39 is 0 Å². The number of benzene rings is 2. The Balaban J connectivity index is 1.89. The van der Waals surface area contributed by atoms with Crippen LogP contribution in [0.1, 0.15) is 11.1 Å². The number of hydrazone groups is 1. The maximum Gasteiger partial charge on any atom is 0.259 e. The van der Waals surface area contributed by atoms with E-state index in [0.717, 1.165) is 25.8 Å². The number of nitrogens with one attached hydrogen (secondary N) is 2. The molecule has 2 rings (SSSR count). The van der Waals surface area contributed by atoms with E-state index in [1.165, 1.54) is 0 Å². The van der Waals surface area contributed by atoms with Crippen molar-refractivity contribution in [2.75, 3.05) is 26.1 Å². The number of carbonyl (C=O) groups is 1. The first-order valence-corrected chi connectivity index (χ1v) is 9.26. The molecule has 0 aliphatic heterocycles. The molecule has 0 atom stereocenters. The molecule has 0 saturated carbocycles. The monoisotopic (exact) mass is 483 g/mol. The Morgan fingerprint density at radius 2 is 1.77 bits per heavy atom. The van der Waals surface area contributed by atoms with Crippen LogP contribution in [0.25, 0.3) is 0 Å². The molecule has 1 amide bonds. The number of carbonyl (C=O) groups excluding carboxylic acids is 1. The van der Waals surface area contributed by atoms with E-state index in [-0.39, 0.29) is 12.5 Å². The summed E-state index contributed by atoms with van der Waals surface area (Å²) < 4.78 is 12.3. The predicted molar refractivity (Wildman–Crippen MR) is 110 cm³/mol. The Kier molecular flexibility index (Phi) is 7.47. The molecule has 0 saturated heterocycles. The number of hydrogen-bond acceptors (Lipinski definition) is 5. The quantitative estimate of drug-likeness (QED) is 0.458. The van der Waals surface area contributed by atoms with Gasteiger partial charge in [-0.25, -0.2) is 5.43 Å². The SMILES string of the molecule is COc1ccc(/C=N\NC(=O)CNc2cc(Br)c(C)c(Br)c2)cc1OC. The standard InChI is InChI=1S/C18H19Br2N3O3/c1-11-14(19)7-13(8-15(11)20)21-10-18(24)23-22-9-12-4-5-16(25-2)17(6-12)26-3/h4-9,21H,10H2,1-3H3,(H,23,24)/b22-9-. The summed E-state index contributed by atoms with van der Waals surface area (Å²) in [5.41, 5.74) is 5.18. The normalized spacial score (nSPS) is 10.7. The van der Waals surface area contributed by atoms with Crippen molar-refractivity contribution in [2.24, 2.45) is 5.10 Å². The molecular formula is C18H19Br2N3O3. The van der Waals surface area contributed by atoms with Gasteiger partial charge in [-0.15, -0.1) is 0 Å². The molecule has 2 aromatic rings. The molecule has 2 aromatic carbocycles. The van der Waals surface area contributed by atoms with Gasteiger partial charge in [0.05, 0.1) is 27.0 Å². The lowest BCUT2D eigenvalue weighted by molar-refractivity contribution is -0.119. The zero-order valence-electron chi connectivity index (χ0n) is 14.6. The molecule has 0 spiro atoms. The number of ether oxygens (including phenoxy) is 2. The second-order valence-electron chi connectivity index (χ2n) is 5.33. The minimum absolute atomic E-state index is 0.102. The highest BCUT2D eigenvalue weighted by molar-refractivity contribution is 9.11. The van der Waals surface area contributed by atoms with Crippen LogP contribution < -0.4 is 20.2 Å². The molecule has 2 N–H and O–H groups in total. The number of halogens is 2. The third-order valence-corrected chi connectivity index (χ3v) is 5.19. The smallest absolute Gasteiger partial charge is 0.259 e. The van der Waals surface area contributed by atoms with Crippen molar-refractivity contribution in [2.45, 2.75) is 6.92 Å². The molecule has 0 bridgehead atoms. The fourth-order valence-corrected chi connectivity index (χ4v) is 3.27. The fraction of sp³-hybridized carbons (Fsp3) is 0.222. The zero-order valence-corrected chi connectivity index (χ0v) is 17.8. The third kappa shape index (κ3) is 5.47. The molecule has 8 heteroatoms. The average molecular weight is 485 g/mol. The molecule has 0 aliphatic rings. The molecule has 0 fully saturated rings. The minimum Gasteiger partial charge on any atom is -0.493 e. The summed E-state index contributed by atoms with van der Waals surface area (Å²) in [6, 6.07) is 9.20. The molecule has 0 radical (unpaired) electrons. The number of amides is 1. The first-order chi connectivity index (χ1) is 12.4. The molecule has 0 aliphatic carbocycles. The van der Waals surface area contributed by atoms with Gasteiger partial charge in [0, 0.05) is 14.6 Å². The van der Waals surface area contributed by atoms with Crippen molar-refractivity contribution in [3.8, 4) is 11.5 Å². The summed E-state index contributed by atoms with van der Waals surface area (Å²) in [6.45, 7) is 2.10. The molecule has 26 heavy (non-hydrogen) atoms. The van der Waals surface area contributed by atoms with E-state index in [0.29, 0.717) is 11.5 Å². The summed E-state index contributed by atoms with van der Waals surface area (Å²) in [6.07, 6.45) is 1.54. The summed E-state index contributed by atoms with van der Waals surface area (Å²) in [7, 11) is 3.14. The van der Waals surface area contributed by atoms with Crippen LogP contribution in [0.5, 0.6) is 11.5 Å². The van der Waals surface area contributed by atoms with Crippen molar-refractivity contribution >= 4 is 49.7 Å². The largest absolute Gasteiger partial charge is 0.493 e. The molecule has 0 heterocycles. The lowest BCUT2D eigenvalue weighted by Gasteiger charge is -2.09. The second-order valence-corrected chi connectivity index (χ2v) is 7.03. The first-order valence-electron chi connectivity index (χ1n) is 7.68. The van der Waals surface area contributed by atoms with Gasteiger partial charge in [-0.1, -0.05) is 31.9 Å². The highest BCUT2D eigenvalue weighted by atomic mass is 79.9. The molecule has 0 aromatic heterocycles. The Hall–Kier alpha value is -2.06. The van der Waals surface area contributed by atoms with E-state index in [9.17, 15) is 4.79 Å². The maximum absolute atomic E-state index is 11.9. The molecule has 0 unspecified atom stereocenters. The molecule has 6 nitrogen and oxygen atoms in total. The highest BCUT2D eigenvalue weighted by Gasteiger charge is 2.06. The highest BCUT2D eigenvalue weighted by Crippen LogP contribution is 2.29. The number of rotatable bonds is 7. The summed E-state index contributed by atoms with van der Waals surface area (Å²) in [5.74, 6) is 0.975. The van der Waals surface area contributed by atoms with Gasteiger partial charge in [-0.3, -0.25) is 4.79 Å². The molecule has 138 valence electrons. The van der Waals surface area contributed by atoms with Crippen LogP contribution in [-0.2, 0) is 4.79 Å². The zero-order chi connectivity index (χ0) is 19.1. The lowest BCUT2D eigenvalue weighted by Crippen LogP contribution is -2.25. The van der Waals surface area contributed by atoms with Gasteiger partial charge in [0.1, 0.15) is 0 Å². The van der Waals surface area contributed by atoms with Crippen molar-refractivity contribution in [3.05, 3.63) is 50.4 Å². The fourth-order valence-electron chi connectivity index (χ4n) is 2.08. The summed E-state index contributed by atoms with van der Waals surface area (Å²) in [5, 5.41) is 7.01. The van der Waals surface area contributed by atoms with Crippen molar-refractivity contribution in [1.82, 2.24) is 5.43 Å². The van der Waals surface area contributed by atoms with Crippen LogP contribution in [-0.4, -0.2) is 32.9 Å². The van der Waals surface area contributed by atoms with Crippen LogP contribution in [0.15, 0.2) is 44.4 Å². The van der Waals surface area contributed by atoms with Crippen molar-refractivity contribution in [3.63, 3.8) is 0 Å². The van der Waals surface area contributed by atoms with Gasteiger partial charge in [-0.05, 0) is 48.4 Å².